The molecule has 7 heteroatoms. The maximum Gasteiger partial charge on any atom is 0.123 e. The van der Waals surface area contributed by atoms with Crippen LogP contribution in [0.5, 0.6) is 34.5 Å². The summed E-state index contributed by atoms with van der Waals surface area (Å²) in [5.41, 5.74) is 6.61. The predicted molar refractivity (Wildman–Crippen MR) is 287 cm³/mol. The number of benzene rings is 11. The van der Waals surface area contributed by atoms with E-state index in [0.29, 0.717) is 66.5 Å². The van der Waals surface area contributed by atoms with Crippen molar-refractivity contribution in [2.75, 3.05) is 0 Å². The molecule has 0 amide bonds. The van der Waals surface area contributed by atoms with E-state index in [2.05, 4.69) is 121 Å². The van der Waals surface area contributed by atoms with E-state index in [1.54, 1.807) is 0 Å². The van der Waals surface area contributed by atoms with Crippen molar-refractivity contribution in [1.29, 1.82) is 0 Å². The molecule has 0 aliphatic rings. The summed E-state index contributed by atoms with van der Waals surface area (Å²) in [6.45, 7) is 1.77. The van der Waals surface area contributed by atoms with E-state index in [9.17, 15) is 5.11 Å². The van der Waals surface area contributed by atoms with Crippen LogP contribution in [0.1, 0.15) is 38.9 Å². The van der Waals surface area contributed by atoms with Crippen LogP contribution in [-0.4, -0.2) is 5.11 Å². The third-order valence-corrected chi connectivity index (χ3v) is 12.7. The zero-order chi connectivity index (χ0) is 48.5. The predicted octanol–water partition coefficient (Wildman–Crippen LogP) is 15.3. The molecule has 0 aliphatic heterocycles. The van der Waals surface area contributed by atoms with E-state index in [1.807, 2.05) is 103 Å². The Morgan fingerprint density at radius 2 is 0.431 bits per heavy atom. The molecule has 0 bridgehead atoms. The third-order valence-electron chi connectivity index (χ3n) is 12.7. The largest absolute Gasteiger partial charge is 0.489 e. The van der Waals surface area contributed by atoms with Gasteiger partial charge < -0.3 is 33.5 Å². The molecular formula is C65H52O7. The molecule has 11 aromatic carbocycles. The van der Waals surface area contributed by atoms with Crippen LogP contribution in [0.25, 0.3) is 43.1 Å². The van der Waals surface area contributed by atoms with Crippen molar-refractivity contribution in [3.8, 4) is 34.5 Å². The Bertz CT molecular complexity index is 3240. The van der Waals surface area contributed by atoms with Crippen molar-refractivity contribution in [2.45, 2.75) is 46.2 Å². The van der Waals surface area contributed by atoms with Gasteiger partial charge in [0.25, 0.3) is 0 Å². The summed E-state index contributed by atoms with van der Waals surface area (Å²) in [5.74, 6) is 3.74. The Morgan fingerprint density at radius 3 is 0.681 bits per heavy atom. The van der Waals surface area contributed by atoms with Crippen LogP contribution in [0.2, 0.25) is 0 Å². The molecular weight excluding hydrogens is 893 g/mol. The van der Waals surface area contributed by atoms with Gasteiger partial charge in [-0.05, 0) is 143 Å². The lowest BCUT2D eigenvalue weighted by molar-refractivity contribution is 0.267. The Kier molecular flexibility index (Phi) is 13.6. The number of hydrogen-bond donors (Lipinski definition) is 1. The Labute approximate surface area is 419 Å². The molecule has 0 radical (unpaired) electrons. The number of aliphatic hydroxyl groups excluding tert-OH is 1. The number of fused-ring (bicyclic) bond motifs is 4. The second-order valence-corrected chi connectivity index (χ2v) is 18.1. The minimum atomic E-state index is -0.191. The summed E-state index contributed by atoms with van der Waals surface area (Å²) >= 11 is 0. The third kappa shape index (κ3) is 11.5. The second kappa shape index (κ2) is 21.5. The summed E-state index contributed by atoms with van der Waals surface area (Å²) in [6.07, 6.45) is 0. The highest BCUT2D eigenvalue weighted by Crippen LogP contribution is 2.31. The van der Waals surface area contributed by atoms with E-state index >= 15 is 0 Å². The highest BCUT2D eigenvalue weighted by Gasteiger charge is 2.12. The van der Waals surface area contributed by atoms with Gasteiger partial charge in [-0.3, -0.25) is 0 Å². The first kappa shape index (κ1) is 45.7. The zero-order valence-corrected chi connectivity index (χ0v) is 39.7. The summed E-state index contributed by atoms with van der Waals surface area (Å²) in [4.78, 5) is 0. The number of ether oxygens (including phenoxy) is 6. The summed E-state index contributed by atoms with van der Waals surface area (Å²) in [7, 11) is 0. The normalized spacial score (nSPS) is 11.2. The molecule has 7 nitrogen and oxygen atoms in total. The molecule has 1 N–H and O–H groups in total. The Balaban J connectivity index is 0.804. The molecule has 0 aliphatic carbocycles. The summed E-state index contributed by atoms with van der Waals surface area (Å²) in [5, 5.41) is 19.8. The molecule has 72 heavy (non-hydrogen) atoms. The van der Waals surface area contributed by atoms with Crippen LogP contribution in [0.3, 0.4) is 0 Å². The average Bonchev–Trinajstić information content (AvgIpc) is 3.43. The standard InChI is InChI=1S/C65H52O7/c66-38-49-29-60(71-43-50-31-62(67-39-45-17-21-52-9-1-5-13-56(52)25-45)36-63(32-50)68-40-46-18-22-53-10-2-6-14-57(53)26-46)35-61(30-49)72-44-51-33-64(69-41-47-19-23-54-11-3-7-15-58(54)27-47)37-65(34-51)70-42-48-20-24-55-12-4-8-16-59(55)28-48/h1-37,66H,38-44H2. The van der Waals surface area contributed by atoms with Crippen LogP contribution in [0.4, 0.5) is 0 Å². The fourth-order valence-corrected chi connectivity index (χ4v) is 8.96. The molecule has 0 saturated carbocycles. The van der Waals surface area contributed by atoms with Gasteiger partial charge in [0, 0.05) is 18.2 Å². The lowest BCUT2D eigenvalue weighted by Gasteiger charge is -2.16. The van der Waals surface area contributed by atoms with Gasteiger partial charge in [0.1, 0.15) is 74.1 Å². The molecule has 354 valence electrons. The SMILES string of the molecule is OCc1cc(OCc2cc(OCc3ccc4ccccc4c3)cc(OCc3ccc4ccccc4c3)c2)cc(OCc2cc(OCc3ccc4ccccc4c3)cc(OCc3ccc4ccccc4c3)c2)c1. The highest BCUT2D eigenvalue weighted by molar-refractivity contribution is 5.85. The molecule has 0 saturated heterocycles. The highest BCUT2D eigenvalue weighted by atomic mass is 16.5. The fraction of sp³-hybridized carbons (Fsp3) is 0.108. The van der Waals surface area contributed by atoms with E-state index < -0.39 is 0 Å². The van der Waals surface area contributed by atoms with Crippen molar-refractivity contribution < 1.29 is 33.5 Å². The van der Waals surface area contributed by atoms with E-state index in [1.165, 1.54) is 21.5 Å². The zero-order valence-electron chi connectivity index (χ0n) is 39.7. The van der Waals surface area contributed by atoms with Crippen molar-refractivity contribution in [3.05, 3.63) is 263 Å². The Morgan fingerprint density at radius 1 is 0.208 bits per heavy atom. The van der Waals surface area contributed by atoms with Gasteiger partial charge in [-0.1, -0.05) is 146 Å². The minimum Gasteiger partial charge on any atom is -0.489 e. The Hall–Kier alpha value is -8.78. The van der Waals surface area contributed by atoms with E-state index in [-0.39, 0.29) is 19.8 Å². The van der Waals surface area contributed by atoms with Crippen molar-refractivity contribution in [2.24, 2.45) is 0 Å². The lowest BCUT2D eigenvalue weighted by atomic mass is 10.1. The first-order chi connectivity index (χ1) is 35.5. The average molecular weight is 945 g/mol. The smallest absolute Gasteiger partial charge is 0.123 e. The van der Waals surface area contributed by atoms with Crippen molar-refractivity contribution >= 4 is 43.1 Å². The molecule has 0 aromatic heterocycles. The van der Waals surface area contributed by atoms with Crippen molar-refractivity contribution in [3.63, 3.8) is 0 Å². The first-order valence-corrected chi connectivity index (χ1v) is 24.2. The van der Waals surface area contributed by atoms with Gasteiger partial charge >= 0.3 is 0 Å². The van der Waals surface area contributed by atoms with E-state index in [0.717, 1.165) is 54.9 Å². The maximum absolute atomic E-state index is 10.4. The fourth-order valence-electron chi connectivity index (χ4n) is 8.96. The molecule has 0 fully saturated rings. The summed E-state index contributed by atoms with van der Waals surface area (Å²) in [6, 6.07) is 76.0. The number of hydrogen-bond acceptors (Lipinski definition) is 7. The van der Waals surface area contributed by atoms with E-state index in [4.69, 9.17) is 28.4 Å². The summed E-state index contributed by atoms with van der Waals surface area (Å²) < 4.78 is 38.6. The van der Waals surface area contributed by atoms with Gasteiger partial charge in [0.05, 0.1) is 6.61 Å². The first-order valence-electron chi connectivity index (χ1n) is 24.2. The van der Waals surface area contributed by atoms with Gasteiger partial charge in [-0.15, -0.1) is 0 Å². The van der Waals surface area contributed by atoms with Gasteiger partial charge in [0.15, 0.2) is 0 Å². The quantitative estimate of drug-likeness (QED) is 0.0865. The molecule has 0 heterocycles. The van der Waals surface area contributed by atoms with Gasteiger partial charge in [0.2, 0.25) is 0 Å². The number of aliphatic hydroxyl groups is 1. The van der Waals surface area contributed by atoms with Gasteiger partial charge in [-0.25, -0.2) is 0 Å². The molecule has 0 spiro atoms. The monoisotopic (exact) mass is 944 g/mol. The van der Waals surface area contributed by atoms with Crippen molar-refractivity contribution in [1.82, 2.24) is 0 Å². The number of rotatable bonds is 19. The van der Waals surface area contributed by atoms with Crippen LogP contribution in [-0.2, 0) is 46.2 Å². The second-order valence-electron chi connectivity index (χ2n) is 18.1. The molecule has 11 rings (SSSR count). The molecule has 0 unspecified atom stereocenters. The van der Waals surface area contributed by atoms with Crippen LogP contribution in [0.15, 0.2) is 224 Å². The molecule has 0 atom stereocenters. The van der Waals surface area contributed by atoms with Gasteiger partial charge in [-0.2, -0.15) is 0 Å². The molecule has 11 aromatic rings. The topological polar surface area (TPSA) is 75.6 Å². The van der Waals surface area contributed by atoms with Crippen LogP contribution in [0, 0.1) is 0 Å². The minimum absolute atomic E-state index is 0.191. The lowest BCUT2D eigenvalue weighted by Crippen LogP contribution is -2.03. The van der Waals surface area contributed by atoms with Crippen LogP contribution < -0.4 is 28.4 Å². The maximum atomic E-state index is 10.4. The van der Waals surface area contributed by atoms with Crippen LogP contribution >= 0.6 is 0 Å².